The molecule has 1 saturated heterocycles. The highest BCUT2D eigenvalue weighted by Crippen LogP contribution is 2.40. The number of hydrogen-bond donors (Lipinski definition) is 0. The fraction of sp³-hybridized carbons (Fsp3) is 0.265. The SMILES string of the molecule is Cc1ccc2nc(-c3ccc(N4C(=O)[C@@H]5CCCC[C@H]5C4=O)cc3)cc(C(=O)O[C@@H](C)C(=O)c3cccc(Cl)c3)c2c1. The molecule has 0 bridgehead atoms. The van der Waals surface area contributed by atoms with Crippen LogP contribution in [0, 0.1) is 18.8 Å². The summed E-state index contributed by atoms with van der Waals surface area (Å²) in [5.74, 6) is -1.70. The van der Waals surface area contributed by atoms with Crippen molar-refractivity contribution in [2.24, 2.45) is 11.8 Å². The maximum absolute atomic E-state index is 13.5. The van der Waals surface area contributed by atoms with Crippen LogP contribution >= 0.6 is 11.6 Å². The number of aryl methyl sites for hydroxylation is 1. The van der Waals surface area contributed by atoms with Crippen molar-refractivity contribution in [2.75, 3.05) is 4.90 Å². The smallest absolute Gasteiger partial charge is 0.339 e. The molecule has 212 valence electrons. The molecular weight excluding hydrogens is 552 g/mol. The Hall–Kier alpha value is -4.36. The molecule has 0 unspecified atom stereocenters. The van der Waals surface area contributed by atoms with Crippen LogP contribution in [-0.4, -0.2) is 34.7 Å². The van der Waals surface area contributed by atoms with Crippen LogP contribution in [0.25, 0.3) is 22.2 Å². The minimum atomic E-state index is -1.04. The summed E-state index contributed by atoms with van der Waals surface area (Å²) in [4.78, 5) is 58.6. The predicted molar refractivity (Wildman–Crippen MR) is 161 cm³/mol. The lowest BCUT2D eigenvalue weighted by molar-refractivity contribution is -0.122. The Bertz CT molecular complexity index is 1730. The Labute approximate surface area is 248 Å². The number of pyridine rings is 1. The van der Waals surface area contributed by atoms with Crippen LogP contribution in [0.15, 0.2) is 72.8 Å². The molecule has 0 N–H and O–H groups in total. The number of rotatable bonds is 6. The van der Waals surface area contributed by atoms with E-state index in [-0.39, 0.29) is 35.0 Å². The summed E-state index contributed by atoms with van der Waals surface area (Å²) in [5, 5.41) is 1.03. The quantitative estimate of drug-likeness (QED) is 0.139. The fourth-order valence-corrected chi connectivity index (χ4v) is 6.20. The van der Waals surface area contributed by atoms with E-state index in [1.54, 1.807) is 54.6 Å². The Morgan fingerprint density at radius 3 is 2.29 bits per heavy atom. The number of Topliss-reactive ketones (excluding diaryl/α,β-unsaturated/α-hetero) is 1. The van der Waals surface area contributed by atoms with Crippen molar-refractivity contribution in [2.45, 2.75) is 45.6 Å². The third-order valence-corrected chi connectivity index (χ3v) is 8.44. The van der Waals surface area contributed by atoms with Gasteiger partial charge in [-0.15, -0.1) is 0 Å². The Morgan fingerprint density at radius 1 is 0.929 bits per heavy atom. The molecule has 4 aromatic rings. The monoisotopic (exact) mass is 580 g/mol. The third-order valence-electron chi connectivity index (χ3n) is 8.21. The van der Waals surface area contributed by atoms with Crippen molar-refractivity contribution >= 4 is 51.8 Å². The first-order chi connectivity index (χ1) is 20.2. The number of imide groups is 1. The first kappa shape index (κ1) is 27.8. The van der Waals surface area contributed by atoms with E-state index in [1.807, 2.05) is 25.1 Å². The molecule has 0 spiro atoms. The van der Waals surface area contributed by atoms with Gasteiger partial charge in [-0.1, -0.05) is 60.3 Å². The normalized spacial score (nSPS) is 19.1. The van der Waals surface area contributed by atoms with Gasteiger partial charge >= 0.3 is 5.97 Å². The molecule has 2 aliphatic rings. The number of aromatic nitrogens is 1. The molecule has 6 rings (SSSR count). The predicted octanol–water partition coefficient (Wildman–Crippen LogP) is 6.97. The van der Waals surface area contributed by atoms with Crippen LogP contribution < -0.4 is 4.90 Å². The molecule has 1 aliphatic carbocycles. The van der Waals surface area contributed by atoms with Gasteiger partial charge in [-0.05, 0) is 69.2 Å². The summed E-state index contributed by atoms with van der Waals surface area (Å²) in [5.41, 5.74) is 3.93. The van der Waals surface area contributed by atoms with Crippen molar-refractivity contribution in [1.82, 2.24) is 4.98 Å². The van der Waals surface area contributed by atoms with Crippen LogP contribution in [0.5, 0.6) is 0 Å². The highest BCUT2D eigenvalue weighted by Gasteiger charge is 2.48. The van der Waals surface area contributed by atoms with Gasteiger partial charge in [-0.2, -0.15) is 0 Å². The average Bonchev–Trinajstić information content (AvgIpc) is 3.25. The number of ether oxygens (including phenoxy) is 1. The number of hydrogen-bond acceptors (Lipinski definition) is 6. The van der Waals surface area contributed by atoms with Crippen molar-refractivity contribution in [3.63, 3.8) is 0 Å². The highest BCUT2D eigenvalue weighted by molar-refractivity contribution is 6.31. The zero-order valence-corrected chi connectivity index (χ0v) is 24.1. The van der Waals surface area contributed by atoms with Crippen molar-refractivity contribution in [3.8, 4) is 11.3 Å². The third kappa shape index (κ3) is 5.09. The van der Waals surface area contributed by atoms with Gasteiger partial charge in [0.15, 0.2) is 6.10 Å². The lowest BCUT2D eigenvalue weighted by Crippen LogP contribution is -2.30. The Kier molecular flexibility index (Phi) is 7.37. The number of carbonyl (C=O) groups excluding carboxylic acids is 4. The first-order valence-corrected chi connectivity index (χ1v) is 14.5. The molecule has 2 heterocycles. The van der Waals surface area contributed by atoms with E-state index in [1.165, 1.54) is 11.8 Å². The van der Waals surface area contributed by atoms with Crippen molar-refractivity contribution in [3.05, 3.63) is 94.5 Å². The number of amides is 2. The number of carbonyl (C=O) groups is 4. The van der Waals surface area contributed by atoms with Crippen molar-refractivity contribution in [1.29, 1.82) is 0 Å². The minimum Gasteiger partial charge on any atom is -0.451 e. The number of benzene rings is 3. The lowest BCUT2D eigenvalue weighted by Gasteiger charge is -2.19. The zero-order chi connectivity index (χ0) is 29.5. The standard InChI is InChI=1S/C34H29ClN2O5/c1-19-10-15-29-27(16-19)28(34(41)42-20(2)31(38)22-6-5-7-23(35)17-22)18-30(36-29)21-11-13-24(14-12-21)37-32(39)25-8-3-4-9-26(25)33(37)40/h5-7,10-18,20,25-26H,3-4,8-9H2,1-2H3/t20-,25+,26+/m0/s1. The molecular formula is C34H29ClN2O5. The first-order valence-electron chi connectivity index (χ1n) is 14.1. The van der Waals surface area contributed by atoms with Gasteiger partial charge in [0, 0.05) is 21.5 Å². The Balaban J connectivity index is 1.30. The lowest BCUT2D eigenvalue weighted by atomic mass is 9.81. The molecule has 2 amide bonds. The number of esters is 1. The molecule has 7 nitrogen and oxygen atoms in total. The van der Waals surface area contributed by atoms with Crippen LogP contribution in [0.3, 0.4) is 0 Å². The molecule has 8 heteroatoms. The minimum absolute atomic E-state index is 0.122. The fourth-order valence-electron chi connectivity index (χ4n) is 6.01. The maximum atomic E-state index is 13.5. The second kappa shape index (κ2) is 11.1. The summed E-state index contributed by atoms with van der Waals surface area (Å²) >= 11 is 6.04. The largest absolute Gasteiger partial charge is 0.451 e. The average molecular weight is 581 g/mol. The maximum Gasteiger partial charge on any atom is 0.339 e. The molecule has 3 aromatic carbocycles. The van der Waals surface area contributed by atoms with Gasteiger partial charge in [-0.3, -0.25) is 19.3 Å². The zero-order valence-electron chi connectivity index (χ0n) is 23.3. The van der Waals surface area contributed by atoms with Crippen LogP contribution in [0.1, 0.15) is 58.9 Å². The summed E-state index contributed by atoms with van der Waals surface area (Å²) < 4.78 is 5.65. The summed E-state index contributed by atoms with van der Waals surface area (Å²) in [6, 6.07) is 20.8. The van der Waals surface area contributed by atoms with Gasteiger partial charge in [0.05, 0.1) is 34.3 Å². The number of halogens is 1. The molecule has 1 saturated carbocycles. The number of anilines is 1. The van der Waals surface area contributed by atoms with E-state index in [4.69, 9.17) is 21.3 Å². The van der Waals surface area contributed by atoms with E-state index >= 15 is 0 Å². The summed E-state index contributed by atoms with van der Waals surface area (Å²) in [6.45, 7) is 3.45. The summed E-state index contributed by atoms with van der Waals surface area (Å²) in [7, 11) is 0. The topological polar surface area (TPSA) is 93.6 Å². The van der Waals surface area contributed by atoms with Gasteiger partial charge in [0.1, 0.15) is 0 Å². The van der Waals surface area contributed by atoms with E-state index in [0.717, 1.165) is 31.2 Å². The van der Waals surface area contributed by atoms with Gasteiger partial charge in [0.25, 0.3) is 0 Å². The number of ketones is 1. The van der Waals surface area contributed by atoms with E-state index in [0.29, 0.717) is 38.4 Å². The number of fused-ring (bicyclic) bond motifs is 2. The van der Waals surface area contributed by atoms with Gasteiger partial charge < -0.3 is 4.74 Å². The van der Waals surface area contributed by atoms with Gasteiger partial charge in [0.2, 0.25) is 17.6 Å². The van der Waals surface area contributed by atoms with Crippen LogP contribution in [0.4, 0.5) is 5.69 Å². The summed E-state index contributed by atoms with van der Waals surface area (Å²) in [6.07, 6.45) is 2.42. The highest BCUT2D eigenvalue weighted by atomic mass is 35.5. The van der Waals surface area contributed by atoms with Crippen LogP contribution in [0.2, 0.25) is 5.02 Å². The van der Waals surface area contributed by atoms with E-state index < -0.39 is 12.1 Å². The molecule has 42 heavy (non-hydrogen) atoms. The second-order valence-electron chi connectivity index (χ2n) is 11.1. The molecule has 0 radical (unpaired) electrons. The molecule has 1 aromatic heterocycles. The van der Waals surface area contributed by atoms with Gasteiger partial charge in [-0.25, -0.2) is 9.78 Å². The van der Waals surface area contributed by atoms with E-state index in [9.17, 15) is 19.2 Å². The van der Waals surface area contributed by atoms with E-state index in [2.05, 4.69) is 0 Å². The number of nitrogens with zero attached hydrogens (tertiary/aromatic N) is 2. The second-order valence-corrected chi connectivity index (χ2v) is 11.5. The molecule has 3 atom stereocenters. The van der Waals surface area contributed by atoms with Crippen molar-refractivity contribution < 1.29 is 23.9 Å². The van der Waals surface area contributed by atoms with Crippen LogP contribution in [-0.2, 0) is 14.3 Å². The molecule has 1 aliphatic heterocycles. The Morgan fingerprint density at radius 2 is 1.62 bits per heavy atom. The molecule has 2 fully saturated rings.